The van der Waals surface area contributed by atoms with Gasteiger partial charge in [-0.1, -0.05) is 35.3 Å². The van der Waals surface area contributed by atoms with Crippen LogP contribution in [0.25, 0.3) is 0 Å². The first-order valence-electron chi connectivity index (χ1n) is 11.0. The number of aryl methyl sites for hydroxylation is 1. The van der Waals surface area contributed by atoms with Crippen molar-refractivity contribution in [2.45, 2.75) is 19.3 Å². The first-order chi connectivity index (χ1) is 16.8. The molecule has 0 unspecified atom stereocenters. The number of hydrogen-bond acceptors (Lipinski definition) is 4. The van der Waals surface area contributed by atoms with E-state index in [2.05, 4.69) is 5.32 Å². The van der Waals surface area contributed by atoms with Gasteiger partial charge in [0.1, 0.15) is 5.75 Å². The van der Waals surface area contributed by atoms with E-state index >= 15 is 0 Å². The predicted octanol–water partition coefficient (Wildman–Crippen LogP) is 5.09. The van der Waals surface area contributed by atoms with Gasteiger partial charge in [0.25, 0.3) is 17.7 Å². The summed E-state index contributed by atoms with van der Waals surface area (Å²) in [4.78, 5) is 39.0. The highest BCUT2D eigenvalue weighted by Crippen LogP contribution is 2.32. The molecule has 3 N–H and O–H groups in total. The van der Waals surface area contributed by atoms with Crippen molar-refractivity contribution in [3.63, 3.8) is 0 Å². The smallest absolute Gasteiger partial charge is 0.259 e. The average molecular weight is 512 g/mol. The van der Waals surface area contributed by atoms with Crippen molar-refractivity contribution in [2.75, 3.05) is 23.4 Å². The number of carbonyl (C=O) groups excluding carboxylic acids is 3. The van der Waals surface area contributed by atoms with E-state index < -0.39 is 11.8 Å². The van der Waals surface area contributed by atoms with Gasteiger partial charge in [0.15, 0.2) is 6.61 Å². The van der Waals surface area contributed by atoms with Crippen LogP contribution in [0.15, 0.2) is 60.7 Å². The quantitative estimate of drug-likeness (QED) is 0.480. The largest absolute Gasteiger partial charge is 0.483 e. The van der Waals surface area contributed by atoms with Crippen LogP contribution in [0.2, 0.25) is 10.0 Å². The van der Waals surface area contributed by atoms with Gasteiger partial charge >= 0.3 is 0 Å². The minimum Gasteiger partial charge on any atom is -0.483 e. The normalized spacial score (nSPS) is 12.9. The SMILES string of the molecule is NC(=O)COc1ccccc1C(=O)Nc1ccc(C(=O)N2CCCCc3cc(Cl)ccc32)c(Cl)c1. The number of nitrogens with one attached hydrogen (secondary N) is 1. The van der Waals surface area contributed by atoms with Crippen molar-refractivity contribution >= 4 is 52.3 Å². The number of rotatable bonds is 6. The van der Waals surface area contributed by atoms with Gasteiger partial charge in [-0.2, -0.15) is 0 Å². The minimum absolute atomic E-state index is 0.214. The molecule has 0 radical (unpaired) electrons. The van der Waals surface area contributed by atoms with Crippen molar-refractivity contribution in [3.8, 4) is 5.75 Å². The number of para-hydroxylation sites is 1. The fourth-order valence-electron chi connectivity index (χ4n) is 3.97. The number of halogens is 2. The maximum absolute atomic E-state index is 13.4. The molecule has 1 aliphatic rings. The summed E-state index contributed by atoms with van der Waals surface area (Å²) in [6, 6.07) is 16.8. The van der Waals surface area contributed by atoms with Crippen molar-refractivity contribution in [1.82, 2.24) is 0 Å². The second-order valence-electron chi connectivity index (χ2n) is 8.09. The number of hydrogen-bond donors (Lipinski definition) is 2. The number of nitrogens with two attached hydrogens (primary N) is 1. The van der Waals surface area contributed by atoms with Gasteiger partial charge in [0.2, 0.25) is 0 Å². The molecule has 3 aromatic carbocycles. The van der Waals surface area contributed by atoms with Gasteiger partial charge in [-0.3, -0.25) is 14.4 Å². The van der Waals surface area contributed by atoms with Gasteiger partial charge in [-0.15, -0.1) is 0 Å². The lowest BCUT2D eigenvalue weighted by Gasteiger charge is -2.24. The number of primary amides is 1. The van der Waals surface area contributed by atoms with E-state index in [4.69, 9.17) is 33.7 Å². The van der Waals surface area contributed by atoms with Crippen LogP contribution in [0.1, 0.15) is 39.1 Å². The summed E-state index contributed by atoms with van der Waals surface area (Å²) in [6.45, 7) is 0.225. The van der Waals surface area contributed by atoms with Crippen molar-refractivity contribution in [2.24, 2.45) is 5.73 Å². The van der Waals surface area contributed by atoms with Gasteiger partial charge in [0.05, 0.1) is 16.1 Å². The third-order valence-electron chi connectivity index (χ3n) is 5.61. The molecule has 0 saturated carbocycles. The number of fused-ring (bicyclic) bond motifs is 1. The van der Waals surface area contributed by atoms with Crippen molar-refractivity contribution in [3.05, 3.63) is 87.4 Å². The Hall–Kier alpha value is -3.55. The molecule has 0 aliphatic carbocycles. The summed E-state index contributed by atoms with van der Waals surface area (Å²) in [5, 5.41) is 3.60. The molecule has 7 nitrogen and oxygen atoms in total. The Balaban J connectivity index is 1.54. The third-order valence-corrected chi connectivity index (χ3v) is 6.16. The Labute approximate surface area is 212 Å². The topological polar surface area (TPSA) is 102 Å². The van der Waals surface area contributed by atoms with E-state index in [1.807, 2.05) is 12.1 Å². The lowest BCUT2D eigenvalue weighted by atomic mass is 10.1. The van der Waals surface area contributed by atoms with E-state index in [1.54, 1.807) is 47.4 Å². The molecule has 1 aliphatic heterocycles. The number of nitrogens with zero attached hydrogens (tertiary/aromatic N) is 1. The molecule has 0 aromatic heterocycles. The van der Waals surface area contributed by atoms with E-state index in [1.165, 1.54) is 6.07 Å². The molecule has 3 amide bonds. The fraction of sp³-hybridized carbons (Fsp3) is 0.192. The standard InChI is InChI=1S/C26H23Cl2N3O4/c27-17-8-11-22-16(13-17)5-3-4-12-31(22)26(34)19-10-9-18(14-21(19)28)30-25(33)20-6-1-2-7-23(20)35-15-24(29)32/h1-2,6-11,13-14H,3-5,12,15H2,(H2,29,32)(H,30,33). The minimum atomic E-state index is -0.651. The Morgan fingerprint density at radius 2 is 1.77 bits per heavy atom. The second-order valence-corrected chi connectivity index (χ2v) is 8.93. The lowest BCUT2D eigenvalue weighted by Crippen LogP contribution is -2.32. The van der Waals surface area contributed by atoms with E-state index in [-0.39, 0.29) is 28.8 Å². The number of amides is 3. The molecule has 4 rings (SSSR count). The highest BCUT2D eigenvalue weighted by atomic mass is 35.5. The van der Waals surface area contributed by atoms with Crippen molar-refractivity contribution in [1.29, 1.82) is 0 Å². The molecular formula is C26H23Cl2N3O4. The van der Waals surface area contributed by atoms with Crippen LogP contribution in [0.3, 0.4) is 0 Å². The van der Waals surface area contributed by atoms with E-state index in [0.29, 0.717) is 22.8 Å². The van der Waals surface area contributed by atoms with E-state index in [0.717, 1.165) is 30.5 Å². The second kappa shape index (κ2) is 10.8. The average Bonchev–Trinajstić information content (AvgIpc) is 3.04. The Morgan fingerprint density at radius 1 is 0.971 bits per heavy atom. The zero-order valence-electron chi connectivity index (χ0n) is 18.7. The first-order valence-corrected chi connectivity index (χ1v) is 11.8. The number of carbonyl (C=O) groups is 3. The number of benzene rings is 3. The summed E-state index contributed by atoms with van der Waals surface area (Å²) in [6.07, 6.45) is 2.67. The Bertz CT molecular complexity index is 1300. The van der Waals surface area contributed by atoms with Gasteiger partial charge in [-0.25, -0.2) is 0 Å². The summed E-state index contributed by atoms with van der Waals surface area (Å²) in [5.41, 5.74) is 7.95. The maximum atomic E-state index is 13.4. The number of ether oxygens (including phenoxy) is 1. The van der Waals surface area contributed by atoms with Crippen LogP contribution in [0.4, 0.5) is 11.4 Å². The highest BCUT2D eigenvalue weighted by Gasteiger charge is 2.24. The van der Waals surface area contributed by atoms with Crippen LogP contribution in [0.5, 0.6) is 5.75 Å². The fourth-order valence-corrected chi connectivity index (χ4v) is 4.43. The molecule has 0 atom stereocenters. The number of anilines is 2. The van der Waals surface area contributed by atoms with E-state index in [9.17, 15) is 14.4 Å². The summed E-state index contributed by atoms with van der Waals surface area (Å²) < 4.78 is 5.33. The molecule has 9 heteroatoms. The zero-order chi connectivity index (χ0) is 24.9. The summed E-state index contributed by atoms with van der Waals surface area (Å²) >= 11 is 12.6. The van der Waals surface area contributed by atoms with Crippen LogP contribution in [0, 0.1) is 0 Å². The van der Waals surface area contributed by atoms with Gasteiger partial charge in [-0.05, 0) is 73.4 Å². The first kappa shape index (κ1) is 24.6. The van der Waals surface area contributed by atoms with Crippen LogP contribution < -0.4 is 20.7 Å². The lowest BCUT2D eigenvalue weighted by molar-refractivity contribution is -0.119. The molecule has 0 bridgehead atoms. The molecule has 1 heterocycles. The molecule has 35 heavy (non-hydrogen) atoms. The summed E-state index contributed by atoms with van der Waals surface area (Å²) in [5.74, 6) is -1.11. The van der Waals surface area contributed by atoms with Gasteiger partial charge < -0.3 is 20.7 Å². The third kappa shape index (κ3) is 5.75. The van der Waals surface area contributed by atoms with Crippen LogP contribution >= 0.6 is 23.2 Å². The monoisotopic (exact) mass is 511 g/mol. The molecule has 0 fully saturated rings. The predicted molar refractivity (Wildman–Crippen MR) is 137 cm³/mol. The van der Waals surface area contributed by atoms with Crippen LogP contribution in [-0.2, 0) is 11.2 Å². The maximum Gasteiger partial charge on any atom is 0.259 e. The molecule has 180 valence electrons. The van der Waals surface area contributed by atoms with Crippen molar-refractivity contribution < 1.29 is 19.1 Å². The van der Waals surface area contributed by atoms with Gasteiger partial charge in [0, 0.05) is 22.9 Å². The Kier molecular flexibility index (Phi) is 7.58. The molecule has 0 spiro atoms. The Morgan fingerprint density at radius 3 is 2.54 bits per heavy atom. The summed E-state index contributed by atoms with van der Waals surface area (Å²) in [7, 11) is 0. The molecule has 3 aromatic rings. The zero-order valence-corrected chi connectivity index (χ0v) is 20.2. The molecule has 0 saturated heterocycles. The molecular weight excluding hydrogens is 489 g/mol. The van der Waals surface area contributed by atoms with Crippen LogP contribution in [-0.4, -0.2) is 30.9 Å². The highest BCUT2D eigenvalue weighted by molar-refractivity contribution is 6.35.